The number of aliphatic hydroxyl groups excluding tert-OH is 1. The van der Waals surface area contributed by atoms with Gasteiger partial charge < -0.3 is 16.2 Å². The average molecular weight is 574 g/mol. The number of aliphatic hydroxyl groups is 1. The van der Waals surface area contributed by atoms with E-state index in [0.717, 1.165) is 11.1 Å². The molecule has 1 heterocycles. The molecule has 0 fully saturated rings. The van der Waals surface area contributed by atoms with Gasteiger partial charge in [-0.3, -0.25) is 4.79 Å². The number of hydrogen-bond donors (Lipinski definition) is 3. The molecule has 9 nitrogen and oxygen atoms in total. The minimum atomic E-state index is -4.28. The predicted molar refractivity (Wildman–Crippen MR) is 148 cm³/mol. The Bertz CT molecular complexity index is 1460. The highest BCUT2D eigenvalue weighted by Crippen LogP contribution is 2.30. The summed E-state index contributed by atoms with van der Waals surface area (Å²) < 4.78 is 30.4. The quantitative estimate of drug-likeness (QED) is 0.292. The van der Waals surface area contributed by atoms with E-state index in [1.165, 1.54) is 36.2 Å². The normalized spacial score (nSPS) is 17.6. The summed E-state index contributed by atoms with van der Waals surface area (Å²) in [7, 11) is -4.28. The van der Waals surface area contributed by atoms with Crippen LogP contribution in [0.25, 0.3) is 0 Å². The zero-order chi connectivity index (χ0) is 27.4. The van der Waals surface area contributed by atoms with Gasteiger partial charge in [-0.1, -0.05) is 65.7 Å². The molecule has 0 radical (unpaired) electrons. The lowest BCUT2D eigenvalue weighted by Gasteiger charge is -2.24. The number of nitrogens with two attached hydrogens (primary N) is 1. The molecule has 3 aromatic carbocycles. The molecule has 0 bridgehead atoms. The third-order valence-electron chi connectivity index (χ3n) is 5.89. The van der Waals surface area contributed by atoms with E-state index in [-0.39, 0.29) is 23.3 Å². The van der Waals surface area contributed by atoms with Gasteiger partial charge in [0.25, 0.3) is 10.0 Å². The minimum absolute atomic E-state index is 0.116. The molecule has 3 aromatic rings. The molecule has 3 atom stereocenters. The zero-order valence-corrected chi connectivity index (χ0v) is 22.5. The van der Waals surface area contributed by atoms with Crippen LogP contribution in [0.1, 0.15) is 24.0 Å². The van der Waals surface area contributed by atoms with Crippen molar-refractivity contribution < 1.29 is 18.3 Å². The lowest BCUT2D eigenvalue weighted by atomic mass is 9.91. The summed E-state index contributed by atoms with van der Waals surface area (Å²) in [5.74, 6) is -1.44. The molecular weight excluding hydrogens is 549 g/mol. The van der Waals surface area contributed by atoms with Crippen molar-refractivity contribution in [2.45, 2.75) is 29.9 Å². The summed E-state index contributed by atoms with van der Waals surface area (Å²) in [5, 5.41) is 19.8. The van der Waals surface area contributed by atoms with Crippen LogP contribution in [0.2, 0.25) is 10.0 Å². The number of guanidine groups is 1. The van der Waals surface area contributed by atoms with E-state index in [1.54, 1.807) is 12.1 Å². The molecule has 1 aliphatic rings. The van der Waals surface area contributed by atoms with Crippen molar-refractivity contribution in [1.82, 2.24) is 10.3 Å². The van der Waals surface area contributed by atoms with Crippen molar-refractivity contribution in [3.05, 3.63) is 100 Å². The minimum Gasteiger partial charge on any atom is -0.391 e. The maximum absolute atomic E-state index is 13.2. The second-order valence-corrected chi connectivity index (χ2v) is 11.1. The number of rotatable bonds is 7. The van der Waals surface area contributed by atoms with Crippen LogP contribution in [0.3, 0.4) is 0 Å². The number of nitrogens with zero attached hydrogens (tertiary/aromatic N) is 3. The number of halogens is 2. The number of sulfonamides is 1. The second-order valence-electron chi connectivity index (χ2n) is 8.65. The van der Waals surface area contributed by atoms with Crippen LogP contribution in [0.15, 0.2) is 93.3 Å². The maximum Gasteiger partial charge on any atom is 0.285 e. The summed E-state index contributed by atoms with van der Waals surface area (Å²) in [6.07, 6.45) is -1.25. The van der Waals surface area contributed by atoms with Crippen LogP contribution in [-0.2, 0) is 14.8 Å². The van der Waals surface area contributed by atoms with Crippen LogP contribution in [0.5, 0.6) is 0 Å². The number of primary amides is 1. The summed E-state index contributed by atoms with van der Waals surface area (Å²) in [5.41, 5.74) is 7.82. The van der Waals surface area contributed by atoms with E-state index >= 15 is 0 Å². The van der Waals surface area contributed by atoms with Crippen LogP contribution < -0.4 is 11.1 Å². The molecule has 4 rings (SSSR count). The zero-order valence-electron chi connectivity index (χ0n) is 20.2. The highest BCUT2D eigenvalue weighted by molar-refractivity contribution is 7.90. The lowest BCUT2D eigenvalue weighted by Crippen LogP contribution is -2.54. The first-order valence-corrected chi connectivity index (χ1v) is 13.8. The third kappa shape index (κ3) is 6.33. The molecule has 0 aliphatic carbocycles. The number of benzene rings is 3. The van der Waals surface area contributed by atoms with Gasteiger partial charge in [0.15, 0.2) is 0 Å². The first kappa shape index (κ1) is 27.6. The Labute approximate surface area is 230 Å². The fraction of sp³-hybridized carbons (Fsp3) is 0.192. The summed E-state index contributed by atoms with van der Waals surface area (Å²) >= 11 is 12.0. The van der Waals surface area contributed by atoms with Crippen molar-refractivity contribution in [2.24, 2.45) is 15.2 Å². The van der Waals surface area contributed by atoms with Gasteiger partial charge in [0.2, 0.25) is 11.9 Å². The summed E-state index contributed by atoms with van der Waals surface area (Å²) in [6.45, 7) is 1.54. The fourth-order valence-electron chi connectivity index (χ4n) is 3.95. The van der Waals surface area contributed by atoms with Gasteiger partial charge in [-0.2, -0.15) is 13.5 Å². The first-order chi connectivity index (χ1) is 18.0. The number of carbonyl (C=O) groups is 1. The van der Waals surface area contributed by atoms with Gasteiger partial charge in [0.05, 0.1) is 23.3 Å². The monoisotopic (exact) mass is 573 g/mol. The van der Waals surface area contributed by atoms with E-state index in [4.69, 9.17) is 34.0 Å². The highest BCUT2D eigenvalue weighted by atomic mass is 35.5. The first-order valence-electron chi connectivity index (χ1n) is 11.6. The van der Waals surface area contributed by atoms with Crippen molar-refractivity contribution in [1.29, 1.82) is 0 Å². The van der Waals surface area contributed by atoms with Gasteiger partial charge >= 0.3 is 0 Å². The Balaban J connectivity index is 1.82. The van der Waals surface area contributed by atoms with Crippen LogP contribution in [0.4, 0.5) is 0 Å². The second kappa shape index (κ2) is 11.5. The fourth-order valence-corrected chi connectivity index (χ4v) is 5.16. The largest absolute Gasteiger partial charge is 0.391 e. The summed E-state index contributed by atoms with van der Waals surface area (Å²) in [6, 6.07) is 20.8. The van der Waals surface area contributed by atoms with Gasteiger partial charge in [-0.15, -0.1) is 4.40 Å². The molecule has 38 heavy (non-hydrogen) atoms. The standard InChI is InChI=1S/C26H25Cl2N5O4S/c1-16(34)23(25(29)35)30-26(32-38(36,37)21-13-11-20(28)12-14-21)33-15-22(17-5-3-2-4-6-17)24(31-33)18-7-9-19(27)10-8-18/h2-14,16,22-23,34H,15H2,1H3,(H2,29,35)(H,30,32)/t16-,22+,23?/m0/s1. The van der Waals surface area contributed by atoms with E-state index in [1.807, 2.05) is 42.5 Å². The maximum atomic E-state index is 13.2. The number of hydrazone groups is 1. The van der Waals surface area contributed by atoms with Gasteiger partial charge in [0, 0.05) is 16.0 Å². The Morgan fingerprint density at radius 3 is 2.18 bits per heavy atom. The van der Waals surface area contributed by atoms with Gasteiger partial charge in [0.1, 0.15) is 6.04 Å². The lowest BCUT2D eigenvalue weighted by molar-refractivity contribution is -0.121. The smallest absolute Gasteiger partial charge is 0.285 e. The number of nitrogens with one attached hydrogen (secondary N) is 1. The van der Waals surface area contributed by atoms with Crippen LogP contribution >= 0.6 is 23.2 Å². The molecule has 0 spiro atoms. The van der Waals surface area contributed by atoms with Crippen molar-refractivity contribution in [2.75, 3.05) is 6.54 Å². The Morgan fingerprint density at radius 1 is 1.05 bits per heavy atom. The van der Waals surface area contributed by atoms with Crippen molar-refractivity contribution >= 4 is 50.8 Å². The number of amides is 1. The predicted octanol–water partition coefficient (Wildman–Crippen LogP) is 3.37. The molecular formula is C26H25Cl2N5O4S. The van der Waals surface area contributed by atoms with Crippen molar-refractivity contribution in [3.8, 4) is 0 Å². The molecule has 1 amide bonds. The molecule has 0 aromatic heterocycles. The number of hydrogen-bond acceptors (Lipinski definition) is 5. The SMILES string of the molecule is C[C@H](O)C(N/C(=N\S(=O)(=O)c1ccc(Cl)cc1)N1C[C@H](c2ccccc2)C(c2ccc(Cl)cc2)=N1)C(N)=O. The summed E-state index contributed by atoms with van der Waals surface area (Å²) in [4.78, 5) is 12.0. The topological polar surface area (TPSA) is 137 Å². The van der Waals surface area contributed by atoms with Gasteiger partial charge in [-0.25, -0.2) is 5.01 Å². The van der Waals surface area contributed by atoms with Crippen LogP contribution in [-0.4, -0.2) is 54.8 Å². The Hall–Kier alpha value is -3.44. The average Bonchev–Trinajstić information content (AvgIpc) is 3.33. The van der Waals surface area contributed by atoms with E-state index in [9.17, 15) is 18.3 Å². The van der Waals surface area contributed by atoms with E-state index < -0.39 is 28.1 Å². The molecule has 0 saturated carbocycles. The third-order valence-corrected chi connectivity index (χ3v) is 7.68. The van der Waals surface area contributed by atoms with Gasteiger partial charge in [-0.05, 0) is 54.4 Å². The molecule has 12 heteroatoms. The number of carbonyl (C=O) groups excluding carboxylic acids is 1. The molecule has 198 valence electrons. The Kier molecular flexibility index (Phi) is 8.37. The van der Waals surface area contributed by atoms with Crippen molar-refractivity contribution in [3.63, 3.8) is 0 Å². The van der Waals surface area contributed by atoms with E-state index in [0.29, 0.717) is 15.8 Å². The highest BCUT2D eigenvalue weighted by Gasteiger charge is 2.34. The molecule has 1 aliphatic heterocycles. The van der Waals surface area contributed by atoms with Crippen LogP contribution in [0, 0.1) is 0 Å². The molecule has 4 N–H and O–H groups in total. The molecule has 1 unspecified atom stereocenters. The molecule has 0 saturated heterocycles. The van der Waals surface area contributed by atoms with E-state index in [2.05, 4.69) is 9.71 Å². The Morgan fingerprint density at radius 2 is 1.63 bits per heavy atom.